The zero-order valence-corrected chi connectivity index (χ0v) is 43.6. The number of carbonyl (C=O) groups excluding carboxylic acids is 6. The third kappa shape index (κ3) is 21.7. The van der Waals surface area contributed by atoms with Gasteiger partial charge in [-0.2, -0.15) is 0 Å². The lowest BCUT2D eigenvalue weighted by Gasteiger charge is -2.22. The van der Waals surface area contributed by atoms with Crippen LogP contribution in [0.15, 0.2) is 176 Å². The van der Waals surface area contributed by atoms with Gasteiger partial charge in [-0.15, -0.1) is 0 Å². The van der Waals surface area contributed by atoms with Gasteiger partial charge < -0.3 is 28.4 Å². The highest BCUT2D eigenvalue weighted by Crippen LogP contribution is 2.18. The average Bonchev–Trinajstić information content (AvgIpc) is 3.47. The molecule has 0 saturated carbocycles. The lowest BCUT2D eigenvalue weighted by atomic mass is 9.99. The number of benzene rings is 6. The van der Waals surface area contributed by atoms with Gasteiger partial charge in [0.1, 0.15) is 0 Å². The predicted molar refractivity (Wildman–Crippen MR) is 291 cm³/mol. The molecule has 6 aromatic rings. The molecule has 2 unspecified atom stereocenters. The molecular weight excluding hydrogens is 949 g/mol. The van der Waals surface area contributed by atoms with Gasteiger partial charge in [-0.05, 0) is 32.3 Å². The number of allylic oxidation sites excluding steroid dienone is 1. The second-order valence-electron chi connectivity index (χ2n) is 17.0. The molecule has 0 aliphatic heterocycles. The Morgan fingerprint density at radius 2 is 0.800 bits per heavy atom. The Hall–Kier alpha value is -7.16. The van der Waals surface area contributed by atoms with E-state index in [1.54, 1.807) is 123 Å². The molecule has 0 radical (unpaired) electrons. The van der Waals surface area contributed by atoms with Gasteiger partial charge in [0.15, 0.2) is 34.7 Å². The first-order valence-corrected chi connectivity index (χ1v) is 25.2. The Morgan fingerprint density at radius 1 is 0.427 bits per heavy atom. The molecular formula is C63H70O12. The first-order valence-electron chi connectivity index (χ1n) is 25.2. The van der Waals surface area contributed by atoms with Crippen LogP contribution in [-0.4, -0.2) is 114 Å². The van der Waals surface area contributed by atoms with E-state index in [2.05, 4.69) is 6.58 Å². The Labute approximate surface area is 442 Å². The fourth-order valence-corrected chi connectivity index (χ4v) is 7.25. The molecule has 6 rings (SSSR count). The van der Waals surface area contributed by atoms with Crippen LogP contribution < -0.4 is 0 Å². The standard InChI is InChI=1S/C40H42O7.C16H12O2.C7H16O3/c1-3-26-46-27-36(23-25-38(42)30-16-20-34(21-17-30)40(44)32-12-8-5-9-13-32)47-28-35(45-2)22-24-37(41)29-14-18-33(19-15-29)39(43)31-10-6-4-7-11-31;1-2-15(17)12-8-10-14(11-9-12)16(18)13-6-4-3-5-7-13;1-3-9-6-7-10-5-4-8-2/h4-21,35-36H,3,22-28H2,1-2H3;2-11H,1H2;3-7H2,1-2H3. The van der Waals surface area contributed by atoms with Gasteiger partial charge in [0.2, 0.25) is 0 Å². The zero-order chi connectivity index (χ0) is 54.0. The van der Waals surface area contributed by atoms with Crippen molar-refractivity contribution in [2.75, 3.05) is 67.1 Å². The number of carbonyl (C=O) groups is 6. The molecule has 6 aromatic carbocycles. The molecule has 0 fully saturated rings. The fourth-order valence-electron chi connectivity index (χ4n) is 7.25. The van der Waals surface area contributed by atoms with Gasteiger partial charge in [-0.1, -0.05) is 177 Å². The van der Waals surface area contributed by atoms with E-state index in [-0.39, 0.29) is 66.4 Å². The largest absolute Gasteiger partial charge is 0.382 e. The topological polar surface area (TPSA) is 158 Å². The molecule has 0 saturated heterocycles. The number of rotatable bonds is 31. The van der Waals surface area contributed by atoms with Crippen LogP contribution in [0.2, 0.25) is 0 Å². The van der Waals surface area contributed by atoms with Crippen molar-refractivity contribution in [3.05, 3.63) is 227 Å². The lowest BCUT2D eigenvalue weighted by Crippen LogP contribution is -2.28. The number of hydrogen-bond donors (Lipinski definition) is 0. The molecule has 0 heterocycles. The summed E-state index contributed by atoms with van der Waals surface area (Å²) in [5.74, 6) is -0.460. The maximum atomic E-state index is 13.0. The van der Waals surface area contributed by atoms with Crippen molar-refractivity contribution >= 4 is 34.7 Å². The summed E-state index contributed by atoms with van der Waals surface area (Å²) in [5, 5.41) is 0. The van der Waals surface area contributed by atoms with E-state index in [0.717, 1.165) is 13.0 Å². The summed E-state index contributed by atoms with van der Waals surface area (Å²) in [6.07, 6.45) is 2.89. The summed E-state index contributed by atoms with van der Waals surface area (Å²) in [4.78, 5) is 74.7. The van der Waals surface area contributed by atoms with Crippen molar-refractivity contribution in [3.8, 4) is 0 Å². The molecule has 0 aromatic heterocycles. The summed E-state index contributed by atoms with van der Waals surface area (Å²) >= 11 is 0. The third-order valence-corrected chi connectivity index (χ3v) is 11.6. The first kappa shape index (κ1) is 60.4. The number of ketones is 6. The van der Waals surface area contributed by atoms with Gasteiger partial charge in [0, 0.05) is 90.3 Å². The molecule has 12 nitrogen and oxygen atoms in total. The second kappa shape index (κ2) is 35.1. The van der Waals surface area contributed by atoms with Crippen molar-refractivity contribution in [1.82, 2.24) is 0 Å². The highest BCUT2D eigenvalue weighted by molar-refractivity contribution is 6.11. The number of methoxy groups -OCH3 is 2. The van der Waals surface area contributed by atoms with Crippen LogP contribution in [0.3, 0.4) is 0 Å². The van der Waals surface area contributed by atoms with Crippen LogP contribution in [0.4, 0.5) is 0 Å². The predicted octanol–water partition coefficient (Wildman–Crippen LogP) is 11.6. The Bertz CT molecular complexity index is 2620. The molecule has 75 heavy (non-hydrogen) atoms. The highest BCUT2D eigenvalue weighted by Gasteiger charge is 2.19. The number of Topliss-reactive ketones (excluding diaryl/α,β-unsaturated/α-hetero) is 2. The smallest absolute Gasteiger partial charge is 0.193 e. The molecule has 0 bridgehead atoms. The van der Waals surface area contributed by atoms with Crippen LogP contribution in [0.25, 0.3) is 0 Å². The van der Waals surface area contributed by atoms with Crippen LogP contribution in [0.1, 0.15) is 125 Å². The summed E-state index contributed by atoms with van der Waals surface area (Å²) in [7, 11) is 3.24. The van der Waals surface area contributed by atoms with Crippen molar-refractivity contribution in [2.24, 2.45) is 0 Å². The Kier molecular flexibility index (Phi) is 28.3. The molecule has 0 aliphatic rings. The summed E-state index contributed by atoms with van der Waals surface area (Å²) in [6.45, 7) is 12.0. The minimum absolute atomic E-state index is 0.0434. The molecule has 0 N–H and O–H groups in total. The molecule has 394 valence electrons. The minimum atomic E-state index is -0.326. The van der Waals surface area contributed by atoms with Crippen LogP contribution in [0, 0.1) is 0 Å². The Morgan fingerprint density at radius 3 is 1.19 bits per heavy atom. The minimum Gasteiger partial charge on any atom is -0.382 e. The van der Waals surface area contributed by atoms with Crippen LogP contribution >= 0.6 is 0 Å². The zero-order valence-electron chi connectivity index (χ0n) is 43.6. The van der Waals surface area contributed by atoms with E-state index in [1.165, 1.54) is 6.08 Å². The number of ether oxygens (including phenoxy) is 6. The van der Waals surface area contributed by atoms with Gasteiger partial charge in [-0.3, -0.25) is 28.8 Å². The second-order valence-corrected chi connectivity index (χ2v) is 17.0. The third-order valence-electron chi connectivity index (χ3n) is 11.6. The number of hydrogen-bond acceptors (Lipinski definition) is 12. The quantitative estimate of drug-likeness (QED) is 0.0231. The summed E-state index contributed by atoms with van der Waals surface area (Å²) in [5.41, 5.74) is 5.08. The van der Waals surface area contributed by atoms with E-state index in [4.69, 9.17) is 28.4 Å². The molecule has 0 spiro atoms. The maximum Gasteiger partial charge on any atom is 0.193 e. The van der Waals surface area contributed by atoms with E-state index in [1.807, 2.05) is 68.4 Å². The van der Waals surface area contributed by atoms with E-state index < -0.39 is 0 Å². The van der Waals surface area contributed by atoms with E-state index in [9.17, 15) is 28.8 Å². The van der Waals surface area contributed by atoms with Gasteiger partial charge >= 0.3 is 0 Å². The average molecular weight is 1020 g/mol. The summed E-state index contributed by atoms with van der Waals surface area (Å²) < 4.78 is 32.5. The highest BCUT2D eigenvalue weighted by atomic mass is 16.6. The van der Waals surface area contributed by atoms with Crippen LogP contribution in [-0.2, 0) is 28.4 Å². The first-order chi connectivity index (χ1) is 36.5. The maximum absolute atomic E-state index is 13.0. The van der Waals surface area contributed by atoms with Crippen molar-refractivity contribution < 1.29 is 57.2 Å². The molecule has 0 aliphatic carbocycles. The van der Waals surface area contributed by atoms with Gasteiger partial charge in [-0.25, -0.2) is 0 Å². The van der Waals surface area contributed by atoms with Crippen molar-refractivity contribution in [3.63, 3.8) is 0 Å². The normalized spacial score (nSPS) is 11.4. The van der Waals surface area contributed by atoms with Gasteiger partial charge in [0.05, 0.1) is 51.8 Å². The fraction of sp³-hybridized carbons (Fsp3) is 0.302. The van der Waals surface area contributed by atoms with E-state index in [0.29, 0.717) is 103 Å². The van der Waals surface area contributed by atoms with Crippen LogP contribution in [0.5, 0.6) is 0 Å². The Balaban J connectivity index is 0.000000352. The molecule has 12 heteroatoms. The van der Waals surface area contributed by atoms with E-state index >= 15 is 0 Å². The van der Waals surface area contributed by atoms with Crippen molar-refractivity contribution in [2.45, 2.75) is 58.2 Å². The lowest BCUT2D eigenvalue weighted by molar-refractivity contribution is -0.0626. The van der Waals surface area contributed by atoms with Crippen molar-refractivity contribution in [1.29, 1.82) is 0 Å². The SMILES string of the molecule is C=CC(=O)c1ccc(C(=O)c2ccccc2)cc1.CCCOCC(CCC(=O)c1ccc(C(=O)c2ccccc2)cc1)OCC(CCC(=O)c1ccc(C(=O)c2ccccc2)cc1)OC.CCOCCOCCOC. The molecule has 0 amide bonds. The van der Waals surface area contributed by atoms with Gasteiger partial charge in [0.25, 0.3) is 0 Å². The summed E-state index contributed by atoms with van der Waals surface area (Å²) in [6, 6.07) is 47.2. The monoisotopic (exact) mass is 1020 g/mol. The molecule has 2 atom stereocenters.